The molecule has 2 aliphatic heterocycles. The maximum Gasteiger partial charge on any atom is 0.254 e. The predicted molar refractivity (Wildman–Crippen MR) is 124 cm³/mol. The molecule has 0 aromatic heterocycles. The zero-order chi connectivity index (χ0) is 22.7. The van der Waals surface area contributed by atoms with Crippen molar-refractivity contribution in [3.63, 3.8) is 0 Å². The second-order valence-corrected chi connectivity index (χ2v) is 10.3. The number of amides is 1. The Balaban J connectivity index is 1.42. The molecular formula is C24H29N3O4S. The smallest absolute Gasteiger partial charge is 0.254 e. The molecule has 170 valence electrons. The van der Waals surface area contributed by atoms with Gasteiger partial charge in [-0.3, -0.25) is 9.59 Å². The third kappa shape index (κ3) is 4.71. The normalized spacial score (nSPS) is 17.9. The van der Waals surface area contributed by atoms with Crippen molar-refractivity contribution in [2.45, 2.75) is 31.1 Å². The minimum Gasteiger partial charge on any atom is -0.368 e. The maximum absolute atomic E-state index is 13.1. The van der Waals surface area contributed by atoms with E-state index in [2.05, 4.69) is 4.90 Å². The van der Waals surface area contributed by atoms with Crippen molar-refractivity contribution >= 4 is 27.4 Å². The number of ketones is 1. The SMILES string of the molecule is CC(=O)c1ccc(N2CCN(C(=O)c3cccc(S(=O)(=O)N4CCCCC4)c3)CC2)cc1. The van der Waals surface area contributed by atoms with E-state index in [4.69, 9.17) is 0 Å². The van der Waals surface area contributed by atoms with Crippen LogP contribution in [0.2, 0.25) is 0 Å². The van der Waals surface area contributed by atoms with E-state index in [-0.39, 0.29) is 16.6 Å². The summed E-state index contributed by atoms with van der Waals surface area (Å²) in [6.45, 7) is 5.08. The number of anilines is 1. The highest BCUT2D eigenvalue weighted by molar-refractivity contribution is 7.89. The summed E-state index contributed by atoms with van der Waals surface area (Å²) in [6, 6.07) is 13.9. The van der Waals surface area contributed by atoms with Crippen LogP contribution in [0.1, 0.15) is 46.9 Å². The number of carbonyl (C=O) groups excluding carboxylic acids is 2. The summed E-state index contributed by atoms with van der Waals surface area (Å²) in [6.07, 6.45) is 2.80. The average molecular weight is 456 g/mol. The van der Waals surface area contributed by atoms with Gasteiger partial charge in [-0.15, -0.1) is 0 Å². The number of hydrogen-bond acceptors (Lipinski definition) is 5. The number of rotatable bonds is 5. The molecule has 2 aromatic carbocycles. The Hall–Kier alpha value is -2.71. The van der Waals surface area contributed by atoms with Crippen molar-refractivity contribution < 1.29 is 18.0 Å². The molecular weight excluding hydrogens is 426 g/mol. The number of nitrogens with zero attached hydrogens (tertiary/aromatic N) is 3. The first-order chi connectivity index (χ1) is 15.4. The maximum atomic E-state index is 13.1. The summed E-state index contributed by atoms with van der Waals surface area (Å²) >= 11 is 0. The van der Waals surface area contributed by atoms with Crippen LogP contribution >= 0.6 is 0 Å². The van der Waals surface area contributed by atoms with Crippen LogP contribution in [0, 0.1) is 0 Å². The van der Waals surface area contributed by atoms with Crippen LogP contribution < -0.4 is 4.90 Å². The largest absolute Gasteiger partial charge is 0.368 e. The van der Waals surface area contributed by atoms with E-state index in [0.717, 1.165) is 24.9 Å². The van der Waals surface area contributed by atoms with E-state index in [0.29, 0.717) is 50.4 Å². The quantitative estimate of drug-likeness (QED) is 0.648. The van der Waals surface area contributed by atoms with E-state index in [9.17, 15) is 18.0 Å². The molecule has 7 nitrogen and oxygen atoms in total. The topological polar surface area (TPSA) is 78.0 Å². The molecule has 4 rings (SSSR count). The van der Waals surface area contributed by atoms with Crippen molar-refractivity contribution in [1.82, 2.24) is 9.21 Å². The molecule has 0 unspecified atom stereocenters. The lowest BCUT2D eigenvalue weighted by atomic mass is 10.1. The van der Waals surface area contributed by atoms with Gasteiger partial charge >= 0.3 is 0 Å². The Morgan fingerprint density at radius 1 is 0.781 bits per heavy atom. The Labute approximate surface area is 189 Å². The number of hydrogen-bond donors (Lipinski definition) is 0. The lowest BCUT2D eigenvalue weighted by Crippen LogP contribution is -2.48. The highest BCUT2D eigenvalue weighted by Crippen LogP contribution is 2.23. The molecule has 2 aliphatic rings. The fraction of sp³-hybridized carbons (Fsp3) is 0.417. The zero-order valence-electron chi connectivity index (χ0n) is 18.4. The van der Waals surface area contributed by atoms with Crippen LogP contribution in [-0.4, -0.2) is 68.6 Å². The van der Waals surface area contributed by atoms with Crippen LogP contribution in [-0.2, 0) is 10.0 Å². The molecule has 0 spiro atoms. The number of carbonyl (C=O) groups is 2. The van der Waals surface area contributed by atoms with Gasteiger partial charge in [0.05, 0.1) is 4.90 Å². The summed E-state index contributed by atoms with van der Waals surface area (Å²) < 4.78 is 27.5. The van der Waals surface area contributed by atoms with Crippen LogP contribution in [0.15, 0.2) is 53.4 Å². The molecule has 2 aromatic rings. The van der Waals surface area contributed by atoms with Crippen molar-refractivity contribution in [2.24, 2.45) is 0 Å². The third-order valence-corrected chi connectivity index (χ3v) is 8.13. The first-order valence-electron chi connectivity index (χ1n) is 11.1. The molecule has 32 heavy (non-hydrogen) atoms. The molecule has 2 saturated heterocycles. The van der Waals surface area contributed by atoms with Crippen LogP contribution in [0.5, 0.6) is 0 Å². The molecule has 2 heterocycles. The van der Waals surface area contributed by atoms with E-state index < -0.39 is 10.0 Å². The molecule has 0 bridgehead atoms. The van der Waals surface area contributed by atoms with E-state index in [1.807, 2.05) is 24.3 Å². The predicted octanol–water partition coefficient (Wildman–Crippen LogP) is 3.03. The van der Waals surface area contributed by atoms with Crippen LogP contribution in [0.3, 0.4) is 0 Å². The highest BCUT2D eigenvalue weighted by Gasteiger charge is 2.28. The van der Waals surface area contributed by atoms with Gasteiger partial charge in [-0.05, 0) is 62.2 Å². The van der Waals surface area contributed by atoms with Gasteiger partial charge in [0, 0.05) is 56.1 Å². The zero-order valence-corrected chi connectivity index (χ0v) is 19.2. The Morgan fingerprint density at radius 3 is 2.06 bits per heavy atom. The number of sulfonamides is 1. The van der Waals surface area contributed by atoms with Gasteiger partial charge in [0.2, 0.25) is 10.0 Å². The number of benzene rings is 2. The Bertz CT molecular complexity index is 1080. The number of piperidine rings is 1. The summed E-state index contributed by atoms with van der Waals surface area (Å²) in [5, 5.41) is 0. The lowest BCUT2D eigenvalue weighted by Gasteiger charge is -2.36. The van der Waals surface area contributed by atoms with Crippen molar-refractivity contribution in [2.75, 3.05) is 44.2 Å². The first-order valence-corrected chi connectivity index (χ1v) is 12.6. The Morgan fingerprint density at radius 2 is 1.44 bits per heavy atom. The van der Waals surface area contributed by atoms with Gasteiger partial charge < -0.3 is 9.80 Å². The molecule has 0 saturated carbocycles. The van der Waals surface area contributed by atoms with Crippen LogP contribution in [0.4, 0.5) is 5.69 Å². The molecule has 8 heteroatoms. The second-order valence-electron chi connectivity index (χ2n) is 8.37. The Kier molecular flexibility index (Phi) is 6.62. The monoisotopic (exact) mass is 455 g/mol. The summed E-state index contributed by atoms with van der Waals surface area (Å²) in [5.41, 5.74) is 2.11. The summed E-state index contributed by atoms with van der Waals surface area (Å²) in [7, 11) is -3.57. The fourth-order valence-electron chi connectivity index (χ4n) is 4.30. The number of Topliss-reactive ketones (excluding diaryl/α,β-unsaturated/α-hetero) is 1. The standard InChI is InChI=1S/C24H29N3O4S/c1-19(28)20-8-10-22(11-9-20)25-14-16-26(17-15-25)24(29)21-6-5-7-23(18-21)32(30,31)27-12-3-2-4-13-27/h5-11,18H,2-4,12-17H2,1H3. The molecule has 0 aliphatic carbocycles. The minimum absolute atomic E-state index is 0.0384. The van der Waals surface area contributed by atoms with Gasteiger partial charge in [0.25, 0.3) is 5.91 Å². The number of piperazine rings is 1. The molecule has 0 radical (unpaired) electrons. The molecule has 2 fully saturated rings. The molecule has 0 N–H and O–H groups in total. The fourth-order valence-corrected chi connectivity index (χ4v) is 5.86. The lowest BCUT2D eigenvalue weighted by molar-refractivity contribution is 0.0746. The van der Waals surface area contributed by atoms with E-state index in [1.54, 1.807) is 30.0 Å². The van der Waals surface area contributed by atoms with E-state index >= 15 is 0 Å². The second kappa shape index (κ2) is 9.42. The van der Waals surface area contributed by atoms with Gasteiger partial charge in [0.1, 0.15) is 0 Å². The van der Waals surface area contributed by atoms with Crippen molar-refractivity contribution in [3.05, 3.63) is 59.7 Å². The van der Waals surface area contributed by atoms with Crippen molar-refractivity contribution in [1.29, 1.82) is 0 Å². The van der Waals surface area contributed by atoms with Gasteiger partial charge in [0.15, 0.2) is 5.78 Å². The summed E-state index contributed by atoms with van der Waals surface area (Å²) in [4.78, 5) is 28.7. The van der Waals surface area contributed by atoms with Crippen LogP contribution in [0.25, 0.3) is 0 Å². The highest BCUT2D eigenvalue weighted by atomic mass is 32.2. The summed E-state index contributed by atoms with van der Waals surface area (Å²) in [5.74, 6) is -0.108. The van der Waals surface area contributed by atoms with E-state index in [1.165, 1.54) is 10.4 Å². The molecule has 1 amide bonds. The third-order valence-electron chi connectivity index (χ3n) is 6.24. The first kappa shape index (κ1) is 22.5. The van der Waals surface area contributed by atoms with Crippen molar-refractivity contribution in [3.8, 4) is 0 Å². The van der Waals surface area contributed by atoms with Gasteiger partial charge in [-0.1, -0.05) is 12.5 Å². The van der Waals surface area contributed by atoms with Gasteiger partial charge in [-0.25, -0.2) is 8.42 Å². The average Bonchev–Trinajstić information content (AvgIpc) is 2.84. The van der Waals surface area contributed by atoms with Gasteiger partial charge in [-0.2, -0.15) is 4.31 Å². The minimum atomic E-state index is -3.57. The molecule has 0 atom stereocenters.